The smallest absolute Gasteiger partial charge is 0.307 e. The normalized spacial score (nSPS) is 10.5. The maximum Gasteiger partial charge on any atom is 0.307 e. The van der Waals surface area contributed by atoms with E-state index in [2.05, 4.69) is 4.42 Å². The van der Waals surface area contributed by atoms with Crippen LogP contribution in [0.4, 0.5) is 5.69 Å². The molecule has 13 heavy (non-hydrogen) atoms. The molecule has 1 aromatic heterocycles. The van der Waals surface area contributed by atoms with Crippen molar-refractivity contribution in [1.29, 1.82) is 0 Å². The molecule has 0 amide bonds. The van der Waals surface area contributed by atoms with Crippen molar-refractivity contribution >= 4 is 11.8 Å². The Morgan fingerprint density at radius 1 is 1.38 bits per heavy atom. The number of nitrogens with zero attached hydrogens (tertiary/aromatic N) is 2. The van der Waals surface area contributed by atoms with Crippen LogP contribution in [0.1, 0.15) is 5.76 Å². The van der Waals surface area contributed by atoms with E-state index in [1.807, 2.05) is 0 Å². The quantitative estimate of drug-likeness (QED) is 0.522. The Hall–Kier alpha value is -2.18. The van der Waals surface area contributed by atoms with Gasteiger partial charge in [0, 0.05) is 0 Å². The second-order valence-corrected chi connectivity index (χ2v) is 2.07. The standard InChI is InChI=1S/C6H4N2O5/c9-7(10)2-1-6-3-5(4-13-6)8(11)12/h1-4H. The van der Waals surface area contributed by atoms with Crippen molar-refractivity contribution in [2.75, 3.05) is 0 Å². The van der Waals surface area contributed by atoms with Gasteiger partial charge in [0.25, 0.3) is 0 Å². The molecule has 0 N–H and O–H groups in total. The van der Waals surface area contributed by atoms with Crippen LogP contribution in [0, 0.1) is 20.2 Å². The highest BCUT2D eigenvalue weighted by Gasteiger charge is 2.09. The van der Waals surface area contributed by atoms with Crippen LogP contribution in [0.3, 0.4) is 0 Å². The van der Waals surface area contributed by atoms with Crippen molar-refractivity contribution in [2.24, 2.45) is 0 Å². The number of hydrogen-bond donors (Lipinski definition) is 0. The van der Waals surface area contributed by atoms with Gasteiger partial charge in [0.15, 0.2) is 6.26 Å². The van der Waals surface area contributed by atoms with Crippen molar-refractivity contribution in [3.8, 4) is 0 Å². The molecule has 1 rings (SSSR count). The lowest BCUT2D eigenvalue weighted by Gasteiger charge is -1.78. The molecule has 7 nitrogen and oxygen atoms in total. The summed E-state index contributed by atoms with van der Waals surface area (Å²) in [5.74, 6) is 0.0726. The molecule has 68 valence electrons. The largest absolute Gasteiger partial charge is 0.457 e. The number of hydrogen-bond acceptors (Lipinski definition) is 5. The second kappa shape index (κ2) is 3.48. The molecule has 0 aromatic carbocycles. The molecule has 0 aliphatic carbocycles. The molecule has 0 aliphatic heterocycles. The maximum atomic E-state index is 10.1. The van der Waals surface area contributed by atoms with Crippen molar-refractivity contribution in [1.82, 2.24) is 0 Å². The molecular weight excluding hydrogens is 180 g/mol. The molecule has 0 aliphatic rings. The van der Waals surface area contributed by atoms with Crippen molar-refractivity contribution < 1.29 is 14.3 Å². The van der Waals surface area contributed by atoms with Gasteiger partial charge >= 0.3 is 5.69 Å². The van der Waals surface area contributed by atoms with Crippen LogP contribution in [0.15, 0.2) is 22.9 Å². The summed E-state index contributed by atoms with van der Waals surface area (Å²) < 4.78 is 4.64. The summed E-state index contributed by atoms with van der Waals surface area (Å²) in [5.41, 5.74) is -0.233. The van der Waals surface area contributed by atoms with Crippen LogP contribution in [0.25, 0.3) is 6.08 Å². The molecule has 0 saturated heterocycles. The topological polar surface area (TPSA) is 99.4 Å². The lowest BCUT2D eigenvalue weighted by atomic mass is 10.4. The molecule has 0 radical (unpaired) electrons. The highest BCUT2D eigenvalue weighted by Crippen LogP contribution is 2.16. The minimum atomic E-state index is -0.686. The number of rotatable bonds is 3. The van der Waals surface area contributed by atoms with Crippen LogP contribution in [0.2, 0.25) is 0 Å². The zero-order valence-corrected chi connectivity index (χ0v) is 6.25. The Labute approximate surface area is 71.6 Å². The molecule has 0 bridgehead atoms. The van der Waals surface area contributed by atoms with E-state index in [0.29, 0.717) is 6.20 Å². The zero-order valence-electron chi connectivity index (χ0n) is 6.25. The molecule has 0 atom stereocenters. The summed E-state index contributed by atoms with van der Waals surface area (Å²) in [6.07, 6.45) is 2.59. The molecule has 1 aromatic rings. The van der Waals surface area contributed by atoms with E-state index in [-0.39, 0.29) is 11.4 Å². The average molecular weight is 184 g/mol. The zero-order chi connectivity index (χ0) is 9.84. The molecule has 1 heterocycles. The van der Waals surface area contributed by atoms with Gasteiger partial charge in [-0.25, -0.2) is 0 Å². The van der Waals surface area contributed by atoms with E-state index in [4.69, 9.17) is 0 Å². The maximum absolute atomic E-state index is 10.1. The number of furan rings is 1. The van der Waals surface area contributed by atoms with Gasteiger partial charge in [0.1, 0.15) is 5.76 Å². The molecule has 0 fully saturated rings. The Kier molecular flexibility index (Phi) is 2.38. The highest BCUT2D eigenvalue weighted by atomic mass is 16.6. The Morgan fingerprint density at radius 3 is 2.54 bits per heavy atom. The molecule has 0 unspecified atom stereocenters. The van der Waals surface area contributed by atoms with Gasteiger partial charge in [0.2, 0.25) is 6.20 Å². The van der Waals surface area contributed by atoms with E-state index in [0.717, 1.165) is 18.4 Å². The van der Waals surface area contributed by atoms with Gasteiger partial charge in [-0.05, 0) is 0 Å². The van der Waals surface area contributed by atoms with E-state index in [1.165, 1.54) is 0 Å². The molecule has 0 saturated carbocycles. The summed E-state index contributed by atoms with van der Waals surface area (Å²) in [6.45, 7) is 0. The second-order valence-electron chi connectivity index (χ2n) is 2.07. The van der Waals surface area contributed by atoms with Crippen molar-refractivity contribution in [3.05, 3.63) is 44.5 Å². The van der Waals surface area contributed by atoms with E-state index >= 15 is 0 Å². The van der Waals surface area contributed by atoms with Gasteiger partial charge in [-0.1, -0.05) is 0 Å². The predicted octanol–water partition coefficient (Wildman–Crippen LogP) is 1.44. The van der Waals surface area contributed by atoms with Gasteiger partial charge in [-0.3, -0.25) is 20.2 Å². The van der Waals surface area contributed by atoms with E-state index in [1.54, 1.807) is 0 Å². The summed E-state index contributed by atoms with van der Waals surface area (Å²) in [6, 6.07) is 1.10. The fourth-order valence-corrected chi connectivity index (χ4v) is 0.660. The first-order valence-corrected chi connectivity index (χ1v) is 3.14. The molecule has 7 heteroatoms. The lowest BCUT2D eigenvalue weighted by molar-refractivity contribution is -0.401. The molecular formula is C6H4N2O5. The summed E-state index contributed by atoms with van der Waals surface area (Å²) >= 11 is 0. The van der Waals surface area contributed by atoms with Crippen LogP contribution >= 0.6 is 0 Å². The highest BCUT2D eigenvalue weighted by molar-refractivity contribution is 5.46. The van der Waals surface area contributed by atoms with Crippen LogP contribution in [-0.4, -0.2) is 9.85 Å². The van der Waals surface area contributed by atoms with Crippen molar-refractivity contribution in [2.45, 2.75) is 0 Å². The summed E-state index contributed by atoms with van der Waals surface area (Å²) in [5, 5.41) is 20.0. The first kappa shape index (κ1) is 8.91. The van der Waals surface area contributed by atoms with E-state index < -0.39 is 9.85 Å². The fraction of sp³-hybridized carbons (Fsp3) is 0. The third-order valence-corrected chi connectivity index (χ3v) is 1.18. The van der Waals surface area contributed by atoms with Crippen molar-refractivity contribution in [3.63, 3.8) is 0 Å². The first-order valence-electron chi connectivity index (χ1n) is 3.14. The predicted molar refractivity (Wildman–Crippen MR) is 41.4 cm³/mol. The number of nitro groups is 2. The van der Waals surface area contributed by atoms with Gasteiger partial charge < -0.3 is 4.42 Å². The summed E-state index contributed by atoms with van der Waals surface area (Å²) in [4.78, 5) is 18.7. The Morgan fingerprint density at radius 2 is 2.08 bits per heavy atom. The first-order chi connectivity index (χ1) is 6.09. The molecule has 0 spiro atoms. The minimum absolute atomic E-state index is 0.0726. The van der Waals surface area contributed by atoms with E-state index in [9.17, 15) is 20.2 Å². The third kappa shape index (κ3) is 2.40. The van der Waals surface area contributed by atoms with Gasteiger partial charge in [-0.2, -0.15) is 0 Å². The SMILES string of the molecule is O=[N+]([O-])C=Cc1cc([N+](=O)[O-])co1. The Bertz CT molecular complexity index is 367. The summed E-state index contributed by atoms with van der Waals surface area (Å²) in [7, 11) is 0. The monoisotopic (exact) mass is 184 g/mol. The minimum Gasteiger partial charge on any atom is -0.457 e. The Balaban J connectivity index is 2.80. The van der Waals surface area contributed by atoms with Crippen LogP contribution in [0.5, 0.6) is 0 Å². The third-order valence-electron chi connectivity index (χ3n) is 1.18. The van der Waals surface area contributed by atoms with Crippen LogP contribution in [-0.2, 0) is 0 Å². The lowest BCUT2D eigenvalue weighted by Crippen LogP contribution is -1.83. The van der Waals surface area contributed by atoms with Gasteiger partial charge in [-0.15, -0.1) is 0 Å². The van der Waals surface area contributed by atoms with Crippen LogP contribution < -0.4 is 0 Å². The van der Waals surface area contributed by atoms with Gasteiger partial charge in [0.05, 0.1) is 22.0 Å². The fourth-order valence-electron chi connectivity index (χ4n) is 0.660. The average Bonchev–Trinajstić information content (AvgIpc) is 2.48.